The zero-order valence-electron chi connectivity index (χ0n) is 20.1. The summed E-state index contributed by atoms with van der Waals surface area (Å²) < 4.78 is 7.08. The van der Waals surface area contributed by atoms with Crippen LogP contribution in [0.5, 0.6) is 5.75 Å². The predicted octanol–water partition coefficient (Wildman–Crippen LogP) is 4.79. The first kappa shape index (κ1) is 25.8. The highest BCUT2D eigenvalue weighted by Gasteiger charge is 2.29. The molecule has 0 aromatic carbocycles. The van der Waals surface area contributed by atoms with Crippen molar-refractivity contribution in [2.24, 2.45) is 5.41 Å². The summed E-state index contributed by atoms with van der Waals surface area (Å²) in [6, 6.07) is 9.76. The van der Waals surface area contributed by atoms with Gasteiger partial charge in [-0.2, -0.15) is 9.78 Å². The smallest absolute Gasteiger partial charge is 0.293 e. The molecule has 0 aliphatic heterocycles. The van der Waals surface area contributed by atoms with E-state index in [2.05, 4.69) is 9.47 Å². The van der Waals surface area contributed by atoms with Crippen molar-refractivity contribution in [1.82, 2.24) is 18.7 Å². The number of hydrogen-bond acceptors (Lipinski definition) is 9. The summed E-state index contributed by atoms with van der Waals surface area (Å²) in [5.74, 6) is -0.555. The number of Topliss-reactive ketones (excluding diaryl/α,β-unsaturated/α-hetero) is 1. The zero-order chi connectivity index (χ0) is 26.2. The molecule has 188 valence electrons. The molecular weight excluding hydrogens is 522 g/mol. The predicted molar refractivity (Wildman–Crippen MR) is 142 cm³/mol. The summed E-state index contributed by atoms with van der Waals surface area (Å²) in [5, 5.41) is 14.6. The summed E-state index contributed by atoms with van der Waals surface area (Å²) in [7, 11) is 1.83. The third-order valence-corrected chi connectivity index (χ3v) is 7.37. The maximum absolute atomic E-state index is 13.3. The van der Waals surface area contributed by atoms with Gasteiger partial charge in [0.1, 0.15) is 11.5 Å². The molecule has 4 aromatic rings. The largest absolute Gasteiger partial charge is 0.503 e. The lowest BCUT2D eigenvalue weighted by atomic mass is 9.96. The van der Waals surface area contributed by atoms with Crippen molar-refractivity contribution < 1.29 is 14.7 Å². The fourth-order valence-corrected chi connectivity index (χ4v) is 5.18. The van der Waals surface area contributed by atoms with Crippen molar-refractivity contribution in [2.45, 2.75) is 33.9 Å². The molecule has 0 amide bonds. The summed E-state index contributed by atoms with van der Waals surface area (Å²) >= 11 is 8.55. The molecule has 0 spiro atoms. The van der Waals surface area contributed by atoms with Crippen LogP contribution >= 0.6 is 34.5 Å². The van der Waals surface area contributed by atoms with Gasteiger partial charge in [0.15, 0.2) is 11.5 Å². The number of carbonyl (C=O) groups is 2. The molecule has 0 aliphatic rings. The molecule has 0 atom stereocenters. The molecule has 36 heavy (non-hydrogen) atoms. The normalized spacial score (nSPS) is 11.6. The summed E-state index contributed by atoms with van der Waals surface area (Å²) in [4.78, 5) is 42.2. The Kier molecular flexibility index (Phi) is 7.17. The third kappa shape index (κ3) is 5.28. The fraction of sp³-hybridized carbons (Fsp3) is 0.292. The van der Waals surface area contributed by atoms with Crippen LogP contribution in [0.15, 0.2) is 47.4 Å². The number of anilines is 1. The van der Waals surface area contributed by atoms with Gasteiger partial charge in [-0.3, -0.25) is 19.0 Å². The summed E-state index contributed by atoms with van der Waals surface area (Å²) in [6.45, 7) is 5.55. The zero-order valence-corrected chi connectivity index (χ0v) is 22.4. The van der Waals surface area contributed by atoms with E-state index >= 15 is 0 Å². The quantitative estimate of drug-likeness (QED) is 0.332. The Morgan fingerprint density at radius 2 is 1.92 bits per heavy atom. The molecule has 0 saturated heterocycles. The van der Waals surface area contributed by atoms with E-state index in [1.807, 2.05) is 24.1 Å². The highest BCUT2D eigenvalue weighted by Crippen LogP contribution is 2.30. The second-order valence-corrected chi connectivity index (χ2v) is 11.8. The van der Waals surface area contributed by atoms with Crippen LogP contribution in [0.2, 0.25) is 4.34 Å². The maximum Gasteiger partial charge on any atom is 0.293 e. The first-order valence-electron chi connectivity index (χ1n) is 10.9. The van der Waals surface area contributed by atoms with Crippen molar-refractivity contribution in [3.63, 3.8) is 0 Å². The lowest BCUT2D eigenvalue weighted by Gasteiger charge is -2.22. The van der Waals surface area contributed by atoms with E-state index in [0.29, 0.717) is 33.0 Å². The molecule has 4 aromatic heterocycles. The highest BCUT2D eigenvalue weighted by atomic mass is 35.5. The van der Waals surface area contributed by atoms with E-state index in [4.69, 9.17) is 11.6 Å². The van der Waals surface area contributed by atoms with Crippen LogP contribution in [0.1, 0.15) is 40.1 Å². The first-order valence-corrected chi connectivity index (χ1v) is 12.9. The molecule has 4 heterocycles. The topological polar surface area (TPSA) is 110 Å². The molecule has 0 fully saturated rings. The monoisotopic (exact) mass is 545 g/mol. The lowest BCUT2D eigenvalue weighted by molar-refractivity contribution is 0.0750. The average Bonchev–Trinajstić information content (AvgIpc) is 3.57. The minimum atomic E-state index is -0.734. The van der Waals surface area contributed by atoms with Gasteiger partial charge in [0.05, 0.1) is 28.0 Å². The Balaban J connectivity index is 1.81. The van der Waals surface area contributed by atoms with Crippen LogP contribution in [-0.4, -0.2) is 42.6 Å². The number of hydrogen-bond donors (Lipinski definition) is 1. The molecule has 1 N–H and O–H groups in total. The minimum Gasteiger partial charge on any atom is -0.503 e. The molecule has 9 nitrogen and oxygen atoms in total. The van der Waals surface area contributed by atoms with Crippen LogP contribution in [0.25, 0.3) is 11.4 Å². The molecule has 0 aliphatic carbocycles. The van der Waals surface area contributed by atoms with Crippen molar-refractivity contribution in [1.29, 1.82) is 0 Å². The van der Waals surface area contributed by atoms with Gasteiger partial charge in [0.25, 0.3) is 11.5 Å². The minimum absolute atomic E-state index is 0.242. The third-order valence-electron chi connectivity index (χ3n) is 5.37. The SMILES string of the molecule is CN(Cc1ccc(Cl)s1)c1cc(-c2ccc(O)c(=O)n2CC(=O)c2ccns2)nn1C(=O)C(C)(C)C. The number of rotatable bonds is 7. The Hall–Kier alpha value is -3.28. The first-order chi connectivity index (χ1) is 17.0. The summed E-state index contributed by atoms with van der Waals surface area (Å²) in [5.41, 5.74) is -0.856. The van der Waals surface area contributed by atoms with Gasteiger partial charge in [-0.05, 0) is 41.9 Å². The van der Waals surface area contributed by atoms with Gasteiger partial charge < -0.3 is 10.0 Å². The van der Waals surface area contributed by atoms with Crippen LogP contribution in [0.3, 0.4) is 0 Å². The van der Waals surface area contributed by atoms with E-state index in [9.17, 15) is 19.5 Å². The Labute approximate surface area is 220 Å². The highest BCUT2D eigenvalue weighted by molar-refractivity contribution is 7.16. The number of thiophene rings is 1. The number of aromatic nitrogens is 4. The van der Waals surface area contributed by atoms with Crippen LogP contribution in [0.4, 0.5) is 5.82 Å². The fourth-order valence-electron chi connectivity index (χ4n) is 3.52. The molecule has 0 saturated carbocycles. The molecule has 0 radical (unpaired) electrons. The maximum atomic E-state index is 13.3. The number of aromatic hydroxyl groups is 1. The van der Waals surface area contributed by atoms with Crippen LogP contribution in [-0.2, 0) is 13.1 Å². The molecular formula is C24H24ClN5O4S2. The average molecular weight is 546 g/mol. The number of nitrogens with zero attached hydrogens (tertiary/aromatic N) is 5. The van der Waals surface area contributed by atoms with E-state index < -0.39 is 16.7 Å². The Morgan fingerprint density at radius 3 is 2.53 bits per heavy atom. The number of halogens is 1. The molecule has 12 heteroatoms. The molecule has 0 bridgehead atoms. The van der Waals surface area contributed by atoms with Crippen LogP contribution < -0.4 is 10.5 Å². The second-order valence-electron chi connectivity index (χ2n) is 9.21. The summed E-state index contributed by atoms with van der Waals surface area (Å²) in [6.07, 6.45) is 1.51. The van der Waals surface area contributed by atoms with Gasteiger partial charge in [-0.15, -0.1) is 11.3 Å². The van der Waals surface area contributed by atoms with Crippen molar-refractivity contribution in [3.05, 3.63) is 67.0 Å². The van der Waals surface area contributed by atoms with E-state index in [-0.39, 0.29) is 18.2 Å². The van der Waals surface area contributed by atoms with Crippen molar-refractivity contribution in [2.75, 3.05) is 11.9 Å². The van der Waals surface area contributed by atoms with Gasteiger partial charge in [0.2, 0.25) is 0 Å². The van der Waals surface area contributed by atoms with Gasteiger partial charge in [-0.25, -0.2) is 4.37 Å². The Morgan fingerprint density at radius 1 is 1.17 bits per heavy atom. The number of ketones is 1. The Bertz CT molecular complexity index is 1480. The van der Waals surface area contributed by atoms with E-state index in [1.165, 1.54) is 34.3 Å². The van der Waals surface area contributed by atoms with Gasteiger partial charge in [-0.1, -0.05) is 32.4 Å². The standard InChI is InChI=1S/C24H24ClN5O4S2/c1-24(2,3)23(34)30-21(28(4)12-14-5-8-20(25)35-14)11-15(27-30)16-6-7-17(31)22(33)29(16)13-18(32)19-9-10-26-36-19/h5-11,31H,12-13H2,1-4H3. The molecule has 4 rings (SSSR count). The van der Waals surface area contributed by atoms with Crippen molar-refractivity contribution >= 4 is 52.0 Å². The van der Waals surface area contributed by atoms with Crippen LogP contribution in [0, 0.1) is 5.41 Å². The van der Waals surface area contributed by atoms with Gasteiger partial charge in [0, 0.05) is 29.6 Å². The number of carbonyl (C=O) groups excluding carboxylic acids is 2. The van der Waals surface area contributed by atoms with Gasteiger partial charge >= 0.3 is 0 Å². The number of pyridine rings is 1. The molecule has 0 unspecified atom stereocenters. The van der Waals surface area contributed by atoms with Crippen molar-refractivity contribution in [3.8, 4) is 17.1 Å². The van der Waals surface area contributed by atoms with E-state index in [1.54, 1.807) is 32.9 Å². The second kappa shape index (κ2) is 10.00. The lowest BCUT2D eigenvalue weighted by Crippen LogP contribution is -2.31. The van der Waals surface area contributed by atoms with E-state index in [0.717, 1.165) is 21.0 Å².